The van der Waals surface area contributed by atoms with Gasteiger partial charge in [0.15, 0.2) is 0 Å². The Morgan fingerprint density at radius 3 is 1.38 bits per heavy atom. The summed E-state index contributed by atoms with van der Waals surface area (Å²) in [6, 6.07) is 88.0. The molecule has 0 aliphatic heterocycles. The van der Waals surface area contributed by atoms with Crippen molar-refractivity contribution in [3.63, 3.8) is 0 Å². The Balaban J connectivity index is 0.943. The second-order valence-corrected chi connectivity index (χ2v) is 18.0. The first kappa shape index (κ1) is 38.1. The molecule has 4 heteroatoms. The van der Waals surface area contributed by atoms with Crippen LogP contribution in [0.3, 0.4) is 0 Å². The summed E-state index contributed by atoms with van der Waals surface area (Å²) in [5.74, 6) is 0. The quantitative estimate of drug-likeness (QED) is 0.152. The molecule has 2 heterocycles. The summed E-state index contributed by atoms with van der Waals surface area (Å²) in [7, 11) is 0. The predicted molar refractivity (Wildman–Crippen MR) is 282 cm³/mol. The molecule has 0 radical (unpaired) electrons. The fraction of sp³-hybridized carbons (Fsp3) is 0. The fourth-order valence-corrected chi connectivity index (χ4v) is 10.9. The molecule has 0 spiro atoms. The van der Waals surface area contributed by atoms with E-state index in [4.69, 9.17) is 4.42 Å². The third-order valence-electron chi connectivity index (χ3n) is 13.0. The molecule has 0 amide bonds. The Hall–Kier alpha value is -8.44. The zero-order chi connectivity index (χ0) is 43.6. The zero-order valence-corrected chi connectivity index (χ0v) is 36.6. The summed E-state index contributed by atoms with van der Waals surface area (Å²) >= 11 is 1.85. The van der Waals surface area contributed by atoms with Crippen molar-refractivity contribution in [1.29, 1.82) is 0 Å². The van der Waals surface area contributed by atoms with Gasteiger partial charge < -0.3 is 14.2 Å². The molecule has 0 bridgehead atoms. The maximum Gasteiger partial charge on any atom is 0.135 e. The van der Waals surface area contributed by atoms with Gasteiger partial charge in [-0.05, 0) is 141 Å². The van der Waals surface area contributed by atoms with Gasteiger partial charge in [-0.2, -0.15) is 0 Å². The second-order valence-electron chi connectivity index (χ2n) is 16.9. The molecule has 13 aromatic rings. The summed E-state index contributed by atoms with van der Waals surface area (Å²) < 4.78 is 8.88. The van der Waals surface area contributed by atoms with Crippen molar-refractivity contribution >= 4 is 109 Å². The third-order valence-corrected chi connectivity index (χ3v) is 14.1. The van der Waals surface area contributed by atoms with Crippen molar-refractivity contribution in [1.82, 2.24) is 0 Å². The average Bonchev–Trinajstić information content (AvgIpc) is 3.95. The van der Waals surface area contributed by atoms with Crippen LogP contribution in [-0.2, 0) is 0 Å². The molecule has 0 saturated heterocycles. The van der Waals surface area contributed by atoms with Crippen LogP contribution in [0.4, 0.5) is 34.1 Å². The van der Waals surface area contributed by atoms with Gasteiger partial charge in [0.25, 0.3) is 0 Å². The Labute approximate surface area is 386 Å². The second kappa shape index (κ2) is 15.7. The van der Waals surface area contributed by atoms with Gasteiger partial charge in [0.2, 0.25) is 0 Å². The first-order chi connectivity index (χ1) is 32.7. The van der Waals surface area contributed by atoms with Crippen molar-refractivity contribution in [2.75, 3.05) is 9.80 Å². The number of rotatable bonds is 8. The van der Waals surface area contributed by atoms with Crippen LogP contribution in [0.1, 0.15) is 0 Å². The van der Waals surface area contributed by atoms with Crippen molar-refractivity contribution in [2.45, 2.75) is 0 Å². The van der Waals surface area contributed by atoms with E-state index in [2.05, 4.69) is 240 Å². The van der Waals surface area contributed by atoms with Gasteiger partial charge in [-0.1, -0.05) is 146 Å². The minimum atomic E-state index is 0.878. The van der Waals surface area contributed by atoms with E-state index >= 15 is 0 Å². The molecule has 310 valence electrons. The maximum absolute atomic E-state index is 6.29. The number of para-hydroxylation sites is 1. The molecular formula is C62H40N2OS. The van der Waals surface area contributed by atoms with Gasteiger partial charge in [0.1, 0.15) is 11.2 Å². The summed E-state index contributed by atoms with van der Waals surface area (Å²) in [5.41, 5.74) is 12.9. The molecule has 0 unspecified atom stereocenters. The van der Waals surface area contributed by atoms with Crippen LogP contribution < -0.4 is 9.80 Å². The van der Waals surface area contributed by atoms with Crippen LogP contribution in [0.15, 0.2) is 247 Å². The number of thiophene rings is 1. The van der Waals surface area contributed by atoms with E-state index in [1.165, 1.54) is 41.7 Å². The molecular weight excluding hydrogens is 821 g/mol. The molecule has 0 N–H and O–H groups in total. The monoisotopic (exact) mass is 860 g/mol. The van der Waals surface area contributed by atoms with Crippen LogP contribution in [0.2, 0.25) is 0 Å². The zero-order valence-electron chi connectivity index (χ0n) is 35.8. The molecule has 11 aromatic carbocycles. The van der Waals surface area contributed by atoms with E-state index in [1.807, 2.05) is 23.5 Å². The summed E-state index contributed by atoms with van der Waals surface area (Å²) in [5, 5.41) is 9.60. The van der Waals surface area contributed by atoms with E-state index in [-0.39, 0.29) is 0 Å². The number of benzene rings is 11. The van der Waals surface area contributed by atoms with Gasteiger partial charge >= 0.3 is 0 Å². The molecule has 2 aromatic heterocycles. The van der Waals surface area contributed by atoms with Crippen LogP contribution >= 0.6 is 11.3 Å². The van der Waals surface area contributed by atoms with Crippen molar-refractivity contribution in [2.24, 2.45) is 0 Å². The van der Waals surface area contributed by atoms with E-state index < -0.39 is 0 Å². The molecule has 3 nitrogen and oxygen atoms in total. The Kier molecular flexibility index (Phi) is 9.03. The number of nitrogens with zero attached hydrogens (tertiary/aromatic N) is 2. The molecule has 0 aliphatic carbocycles. The topological polar surface area (TPSA) is 19.6 Å². The molecule has 0 saturated carbocycles. The highest BCUT2D eigenvalue weighted by atomic mass is 32.1. The van der Waals surface area contributed by atoms with Crippen molar-refractivity contribution in [3.05, 3.63) is 243 Å². The Morgan fingerprint density at radius 2 is 0.727 bits per heavy atom. The number of furan rings is 1. The van der Waals surface area contributed by atoms with E-state index in [0.717, 1.165) is 78.3 Å². The van der Waals surface area contributed by atoms with Crippen LogP contribution in [0.5, 0.6) is 0 Å². The normalized spacial score (nSPS) is 11.6. The smallest absolute Gasteiger partial charge is 0.135 e. The lowest BCUT2D eigenvalue weighted by Crippen LogP contribution is -2.10. The lowest BCUT2D eigenvalue weighted by molar-refractivity contribution is 0.669. The maximum atomic E-state index is 6.29. The average molecular weight is 861 g/mol. The minimum Gasteiger partial charge on any atom is -0.456 e. The highest BCUT2D eigenvalue weighted by Gasteiger charge is 2.20. The van der Waals surface area contributed by atoms with E-state index in [1.54, 1.807) is 0 Å². The first-order valence-corrected chi connectivity index (χ1v) is 23.2. The Bertz CT molecular complexity index is 3730. The van der Waals surface area contributed by atoms with Gasteiger partial charge in [-0.25, -0.2) is 0 Å². The van der Waals surface area contributed by atoms with E-state index in [9.17, 15) is 0 Å². The summed E-state index contributed by atoms with van der Waals surface area (Å²) in [6.07, 6.45) is 0. The van der Waals surface area contributed by atoms with Gasteiger partial charge in [-0.15, -0.1) is 11.3 Å². The highest BCUT2D eigenvalue weighted by molar-refractivity contribution is 7.25. The van der Waals surface area contributed by atoms with E-state index in [0.29, 0.717) is 0 Å². The number of fused-ring (bicyclic) bond motifs is 8. The largest absolute Gasteiger partial charge is 0.456 e. The number of anilines is 6. The molecule has 0 atom stereocenters. The standard InChI is InChI=1S/C62H40N2OS/c1-3-15-43-35-49(29-27-41(43)13-1)63(51-31-33-60-57(39-51)55-23-7-9-25-59(55)65-60)47-19-11-17-45(37-47)53-21-5-6-22-54(53)46-18-12-20-48(38-46)64(50-30-28-42-14-2-4-16-44(42)36-50)52-32-34-62-58(40-52)56-24-8-10-26-61(56)66-62/h1-40H. The third kappa shape index (κ3) is 6.58. The SMILES string of the molecule is c1cc(-c2ccccc2-c2cccc(N(c3ccc4ccccc4c3)c3ccc4sc5ccccc5c4c3)c2)cc(N(c2ccc3ccccc3c2)c2ccc3oc4ccccc4c3c2)c1. The molecule has 0 fully saturated rings. The Morgan fingerprint density at radius 1 is 0.273 bits per heavy atom. The van der Waals surface area contributed by atoms with Crippen LogP contribution in [0.25, 0.3) is 85.9 Å². The van der Waals surface area contributed by atoms with Crippen LogP contribution in [-0.4, -0.2) is 0 Å². The summed E-state index contributed by atoms with van der Waals surface area (Å²) in [4.78, 5) is 4.78. The van der Waals surface area contributed by atoms with Gasteiger partial charge in [0.05, 0.1) is 0 Å². The molecule has 66 heavy (non-hydrogen) atoms. The lowest BCUT2D eigenvalue weighted by atomic mass is 9.93. The minimum absolute atomic E-state index is 0.878. The van der Waals surface area contributed by atoms with Crippen LogP contribution in [0, 0.1) is 0 Å². The molecule has 13 rings (SSSR count). The van der Waals surface area contributed by atoms with Crippen molar-refractivity contribution < 1.29 is 4.42 Å². The predicted octanol–water partition coefficient (Wildman–Crippen LogP) is 18.5. The number of hydrogen-bond acceptors (Lipinski definition) is 4. The highest BCUT2D eigenvalue weighted by Crippen LogP contribution is 2.45. The number of hydrogen-bond donors (Lipinski definition) is 0. The van der Waals surface area contributed by atoms with Gasteiger partial charge in [0, 0.05) is 65.1 Å². The fourth-order valence-electron chi connectivity index (χ4n) is 9.84. The molecule has 0 aliphatic rings. The summed E-state index contributed by atoms with van der Waals surface area (Å²) in [6.45, 7) is 0. The lowest BCUT2D eigenvalue weighted by Gasteiger charge is -2.27. The van der Waals surface area contributed by atoms with Crippen molar-refractivity contribution in [3.8, 4) is 22.3 Å². The van der Waals surface area contributed by atoms with Gasteiger partial charge in [-0.3, -0.25) is 0 Å². The first-order valence-electron chi connectivity index (χ1n) is 22.4.